The lowest BCUT2D eigenvalue weighted by atomic mass is 10.2. The van der Waals surface area contributed by atoms with Crippen molar-refractivity contribution in [2.75, 3.05) is 31.3 Å². The monoisotopic (exact) mass is 299 g/mol. The van der Waals surface area contributed by atoms with Gasteiger partial charge in [0.2, 0.25) is 5.95 Å². The Morgan fingerprint density at radius 3 is 2.68 bits per heavy atom. The van der Waals surface area contributed by atoms with Crippen molar-refractivity contribution in [3.8, 4) is 0 Å². The van der Waals surface area contributed by atoms with E-state index in [4.69, 9.17) is 0 Å². The molecule has 2 aromatic rings. The Morgan fingerprint density at radius 1 is 1.18 bits per heavy atom. The summed E-state index contributed by atoms with van der Waals surface area (Å²) < 4.78 is 0. The van der Waals surface area contributed by atoms with Gasteiger partial charge in [0.1, 0.15) is 5.82 Å². The van der Waals surface area contributed by atoms with E-state index in [0.717, 1.165) is 24.5 Å². The van der Waals surface area contributed by atoms with Crippen molar-refractivity contribution in [2.24, 2.45) is 0 Å². The summed E-state index contributed by atoms with van der Waals surface area (Å²) >= 11 is 0. The molecule has 5 nitrogen and oxygen atoms in total. The average Bonchev–Trinajstić information content (AvgIpc) is 2.50. The molecule has 22 heavy (non-hydrogen) atoms. The first-order valence-electron chi connectivity index (χ1n) is 7.62. The second-order valence-electron chi connectivity index (χ2n) is 5.73. The minimum absolute atomic E-state index is 0.541. The SMILES string of the molecule is Cc1ccccc1Nc1nccc(NCCC(C)N(C)C)n1. The van der Waals surface area contributed by atoms with Crippen LogP contribution in [0.4, 0.5) is 17.5 Å². The summed E-state index contributed by atoms with van der Waals surface area (Å²) in [6.07, 6.45) is 2.84. The summed E-state index contributed by atoms with van der Waals surface area (Å²) in [5.41, 5.74) is 2.20. The van der Waals surface area contributed by atoms with Crippen molar-refractivity contribution in [3.63, 3.8) is 0 Å². The smallest absolute Gasteiger partial charge is 0.229 e. The molecule has 118 valence electrons. The van der Waals surface area contributed by atoms with Crippen LogP contribution in [-0.4, -0.2) is 41.5 Å². The maximum absolute atomic E-state index is 4.50. The molecular formula is C17H25N5. The van der Waals surface area contributed by atoms with Crippen molar-refractivity contribution in [1.82, 2.24) is 14.9 Å². The van der Waals surface area contributed by atoms with E-state index >= 15 is 0 Å². The third-order valence-corrected chi connectivity index (χ3v) is 3.80. The van der Waals surface area contributed by atoms with Crippen LogP contribution in [0.5, 0.6) is 0 Å². The number of anilines is 3. The van der Waals surface area contributed by atoms with Gasteiger partial charge >= 0.3 is 0 Å². The highest BCUT2D eigenvalue weighted by Crippen LogP contribution is 2.18. The van der Waals surface area contributed by atoms with E-state index in [1.807, 2.05) is 24.3 Å². The molecule has 0 fully saturated rings. The Bertz CT molecular complexity index is 597. The highest BCUT2D eigenvalue weighted by molar-refractivity contribution is 5.58. The lowest BCUT2D eigenvalue weighted by molar-refractivity contribution is 0.304. The van der Waals surface area contributed by atoms with Crippen molar-refractivity contribution >= 4 is 17.5 Å². The molecule has 0 amide bonds. The Kier molecular flexibility index (Phi) is 5.72. The van der Waals surface area contributed by atoms with Crippen LogP contribution in [0, 0.1) is 6.92 Å². The Morgan fingerprint density at radius 2 is 1.95 bits per heavy atom. The summed E-state index contributed by atoms with van der Waals surface area (Å²) in [6.45, 7) is 5.17. The fourth-order valence-corrected chi connectivity index (χ4v) is 2.02. The zero-order valence-electron chi connectivity index (χ0n) is 13.8. The van der Waals surface area contributed by atoms with E-state index in [0.29, 0.717) is 12.0 Å². The second-order valence-corrected chi connectivity index (χ2v) is 5.73. The molecule has 0 aliphatic heterocycles. The van der Waals surface area contributed by atoms with Gasteiger partial charge in [0.05, 0.1) is 0 Å². The third-order valence-electron chi connectivity index (χ3n) is 3.80. The first kappa shape index (κ1) is 16.2. The Balaban J connectivity index is 1.94. The average molecular weight is 299 g/mol. The van der Waals surface area contributed by atoms with Crippen LogP contribution < -0.4 is 10.6 Å². The maximum Gasteiger partial charge on any atom is 0.229 e. The number of benzene rings is 1. The number of nitrogens with zero attached hydrogens (tertiary/aromatic N) is 3. The molecule has 0 aliphatic rings. The van der Waals surface area contributed by atoms with E-state index in [1.54, 1.807) is 6.20 Å². The van der Waals surface area contributed by atoms with Crippen molar-refractivity contribution in [2.45, 2.75) is 26.3 Å². The molecule has 1 aromatic heterocycles. The molecular weight excluding hydrogens is 274 g/mol. The van der Waals surface area contributed by atoms with Crippen LogP contribution in [-0.2, 0) is 0 Å². The van der Waals surface area contributed by atoms with Gasteiger partial charge in [-0.05, 0) is 52.1 Å². The molecule has 0 spiro atoms. The van der Waals surface area contributed by atoms with Crippen molar-refractivity contribution < 1.29 is 0 Å². The predicted octanol–water partition coefficient (Wildman–Crippen LogP) is 3.28. The number of hydrogen-bond donors (Lipinski definition) is 2. The van der Waals surface area contributed by atoms with Gasteiger partial charge in [-0.1, -0.05) is 18.2 Å². The van der Waals surface area contributed by atoms with Crippen molar-refractivity contribution in [1.29, 1.82) is 0 Å². The molecule has 2 rings (SSSR count). The fraction of sp³-hybridized carbons (Fsp3) is 0.412. The van der Waals surface area contributed by atoms with E-state index < -0.39 is 0 Å². The number of aromatic nitrogens is 2. The molecule has 1 heterocycles. The van der Waals surface area contributed by atoms with Crippen molar-refractivity contribution in [3.05, 3.63) is 42.1 Å². The number of aryl methyl sites for hydroxylation is 1. The van der Waals surface area contributed by atoms with Gasteiger partial charge < -0.3 is 15.5 Å². The highest BCUT2D eigenvalue weighted by atomic mass is 15.1. The summed E-state index contributed by atoms with van der Waals surface area (Å²) in [4.78, 5) is 11.0. The predicted molar refractivity (Wildman–Crippen MR) is 92.7 cm³/mol. The molecule has 0 bridgehead atoms. The van der Waals surface area contributed by atoms with E-state index in [-0.39, 0.29) is 0 Å². The largest absolute Gasteiger partial charge is 0.370 e. The summed E-state index contributed by atoms with van der Waals surface area (Å²) in [5, 5.41) is 6.61. The van der Waals surface area contributed by atoms with E-state index in [9.17, 15) is 0 Å². The molecule has 1 aromatic carbocycles. The van der Waals surface area contributed by atoms with Gasteiger partial charge in [-0.3, -0.25) is 0 Å². The number of rotatable bonds is 7. The van der Waals surface area contributed by atoms with Crippen LogP contribution >= 0.6 is 0 Å². The molecule has 0 saturated heterocycles. The summed E-state index contributed by atoms with van der Waals surface area (Å²) in [5.74, 6) is 1.46. The molecule has 1 unspecified atom stereocenters. The quantitative estimate of drug-likeness (QED) is 0.821. The van der Waals surface area contributed by atoms with Crippen LogP contribution in [0.1, 0.15) is 18.9 Å². The molecule has 5 heteroatoms. The second kappa shape index (κ2) is 7.75. The first-order valence-corrected chi connectivity index (χ1v) is 7.62. The number of nitrogens with one attached hydrogen (secondary N) is 2. The van der Waals surface area contributed by atoms with Crippen LogP contribution in [0.2, 0.25) is 0 Å². The summed E-state index contributed by atoms with van der Waals surface area (Å²) in [7, 11) is 4.19. The zero-order chi connectivity index (χ0) is 15.9. The van der Waals surface area contributed by atoms with Gasteiger partial charge in [0.25, 0.3) is 0 Å². The van der Waals surface area contributed by atoms with Crippen LogP contribution in [0.3, 0.4) is 0 Å². The van der Waals surface area contributed by atoms with Gasteiger partial charge in [-0.15, -0.1) is 0 Å². The van der Waals surface area contributed by atoms with Gasteiger partial charge in [-0.2, -0.15) is 4.98 Å². The third kappa shape index (κ3) is 4.70. The minimum atomic E-state index is 0.541. The Hall–Kier alpha value is -2.14. The van der Waals surface area contributed by atoms with Gasteiger partial charge in [0, 0.05) is 24.5 Å². The molecule has 2 N–H and O–H groups in total. The molecule has 1 atom stereocenters. The fourth-order valence-electron chi connectivity index (χ4n) is 2.02. The first-order chi connectivity index (χ1) is 10.6. The number of para-hydroxylation sites is 1. The minimum Gasteiger partial charge on any atom is -0.370 e. The van der Waals surface area contributed by atoms with Crippen LogP contribution in [0.25, 0.3) is 0 Å². The molecule has 0 aliphatic carbocycles. The lowest BCUT2D eigenvalue weighted by Gasteiger charge is -2.19. The number of hydrogen-bond acceptors (Lipinski definition) is 5. The standard InChI is InChI=1S/C17H25N5/c1-13-7-5-6-8-15(13)20-17-19-12-10-16(21-17)18-11-9-14(2)22(3)4/h5-8,10,12,14H,9,11H2,1-4H3,(H2,18,19,20,21). The normalized spacial score (nSPS) is 12.2. The highest BCUT2D eigenvalue weighted by Gasteiger charge is 2.05. The van der Waals surface area contributed by atoms with E-state index in [1.165, 1.54) is 5.56 Å². The van der Waals surface area contributed by atoms with E-state index in [2.05, 4.69) is 59.5 Å². The van der Waals surface area contributed by atoms with Gasteiger partial charge in [0.15, 0.2) is 0 Å². The zero-order valence-corrected chi connectivity index (χ0v) is 13.8. The Labute approximate surface area is 132 Å². The summed E-state index contributed by atoms with van der Waals surface area (Å²) in [6, 6.07) is 10.5. The lowest BCUT2D eigenvalue weighted by Crippen LogP contribution is -2.26. The maximum atomic E-state index is 4.50. The van der Waals surface area contributed by atoms with Gasteiger partial charge in [-0.25, -0.2) is 4.98 Å². The van der Waals surface area contributed by atoms with Crippen LogP contribution in [0.15, 0.2) is 36.5 Å². The molecule has 0 saturated carbocycles. The molecule has 0 radical (unpaired) electrons. The topological polar surface area (TPSA) is 53.1 Å².